The lowest BCUT2D eigenvalue weighted by molar-refractivity contribution is -0.150. The molecule has 1 aliphatic rings. The second kappa shape index (κ2) is 8.31. The van der Waals surface area contributed by atoms with Crippen LogP contribution in [0.25, 0.3) is 17.2 Å². The molecular weight excluding hydrogens is 368 g/mol. The smallest absolute Gasteiger partial charge is 0.331 e. The van der Waals surface area contributed by atoms with Gasteiger partial charge < -0.3 is 14.5 Å². The minimum Gasteiger partial charge on any atom is -0.449 e. The molecule has 0 fully saturated rings. The molecule has 0 saturated carbocycles. The van der Waals surface area contributed by atoms with Crippen LogP contribution in [0.1, 0.15) is 42.8 Å². The number of aryl methyl sites for hydroxylation is 1. The second-order valence-corrected chi connectivity index (χ2v) is 7.08. The molecule has 1 amide bonds. The molecule has 2 aromatic carbocycles. The van der Waals surface area contributed by atoms with E-state index in [1.807, 2.05) is 36.4 Å². The van der Waals surface area contributed by atoms with E-state index in [2.05, 4.69) is 16.4 Å². The second-order valence-electron chi connectivity index (χ2n) is 7.08. The maximum absolute atomic E-state index is 12.5. The summed E-state index contributed by atoms with van der Waals surface area (Å²) >= 11 is 0. The molecule has 0 saturated heterocycles. The van der Waals surface area contributed by atoms with Crippen molar-refractivity contribution in [3.05, 3.63) is 71.6 Å². The molecule has 0 radical (unpaired) electrons. The van der Waals surface area contributed by atoms with E-state index in [9.17, 15) is 9.59 Å². The molecule has 1 aromatic heterocycles. The Kier molecular flexibility index (Phi) is 5.42. The molecule has 0 spiro atoms. The normalized spacial score (nSPS) is 17.1. The van der Waals surface area contributed by atoms with Crippen molar-refractivity contribution in [2.75, 3.05) is 0 Å². The van der Waals surface area contributed by atoms with Crippen LogP contribution in [0, 0.1) is 0 Å². The number of hydrogen-bond acceptors (Lipinski definition) is 5. The van der Waals surface area contributed by atoms with Crippen molar-refractivity contribution in [1.82, 2.24) is 10.3 Å². The number of rotatable bonds is 5. The Bertz CT molecular complexity index is 1040. The Morgan fingerprint density at radius 1 is 1.21 bits per heavy atom. The van der Waals surface area contributed by atoms with E-state index in [1.165, 1.54) is 17.7 Å². The van der Waals surface area contributed by atoms with Crippen LogP contribution in [0.15, 0.2) is 59.0 Å². The first-order valence-electron chi connectivity index (χ1n) is 9.72. The summed E-state index contributed by atoms with van der Waals surface area (Å²) in [6.07, 6.45) is 4.66. The SMILES string of the molecule is C[C@H](OC(=O)/C=C/c1nc2ccccc2o1)C(=O)N[C@@H]1CCCc2ccccc21. The van der Waals surface area contributed by atoms with Gasteiger partial charge in [0.1, 0.15) is 5.52 Å². The van der Waals surface area contributed by atoms with Gasteiger partial charge in [0.05, 0.1) is 6.04 Å². The van der Waals surface area contributed by atoms with E-state index in [0.29, 0.717) is 17.0 Å². The number of aromatic nitrogens is 1. The van der Waals surface area contributed by atoms with Crippen molar-refractivity contribution in [3.63, 3.8) is 0 Å². The largest absolute Gasteiger partial charge is 0.449 e. The van der Waals surface area contributed by atoms with E-state index in [1.54, 1.807) is 13.0 Å². The lowest BCUT2D eigenvalue weighted by Crippen LogP contribution is -2.39. The van der Waals surface area contributed by atoms with E-state index in [4.69, 9.17) is 9.15 Å². The fraction of sp³-hybridized carbons (Fsp3) is 0.261. The molecule has 2 atom stereocenters. The zero-order valence-electron chi connectivity index (χ0n) is 16.1. The highest BCUT2D eigenvalue weighted by Gasteiger charge is 2.24. The molecule has 0 unspecified atom stereocenters. The topological polar surface area (TPSA) is 81.4 Å². The van der Waals surface area contributed by atoms with E-state index in [-0.39, 0.29) is 11.9 Å². The van der Waals surface area contributed by atoms with Crippen molar-refractivity contribution in [2.24, 2.45) is 0 Å². The van der Waals surface area contributed by atoms with Crippen molar-refractivity contribution in [3.8, 4) is 0 Å². The number of carbonyl (C=O) groups is 2. The quantitative estimate of drug-likeness (QED) is 0.527. The number of oxazole rings is 1. The molecule has 1 heterocycles. The average molecular weight is 390 g/mol. The summed E-state index contributed by atoms with van der Waals surface area (Å²) in [5.74, 6) is -0.631. The number of nitrogens with one attached hydrogen (secondary N) is 1. The molecule has 6 nitrogen and oxygen atoms in total. The molecule has 3 aromatic rings. The Balaban J connectivity index is 1.34. The molecule has 4 rings (SSSR count). The molecule has 0 aliphatic heterocycles. The predicted octanol–water partition coefficient (Wildman–Crippen LogP) is 3.97. The van der Waals surface area contributed by atoms with E-state index < -0.39 is 12.1 Å². The number of hydrogen-bond donors (Lipinski definition) is 1. The number of amides is 1. The van der Waals surface area contributed by atoms with Gasteiger partial charge in [-0.05, 0) is 49.4 Å². The molecule has 148 valence electrons. The molecule has 6 heteroatoms. The predicted molar refractivity (Wildman–Crippen MR) is 109 cm³/mol. The standard InChI is InChI=1S/C23H22N2O4/c1-15(23(27)25-18-11-6-8-16-7-2-3-9-17(16)18)28-22(26)14-13-21-24-19-10-4-5-12-20(19)29-21/h2-5,7,9-10,12-15,18H,6,8,11H2,1H3,(H,25,27)/b14-13+/t15-,18+/m0/s1. The van der Waals surface area contributed by atoms with Crippen LogP contribution in [0.5, 0.6) is 0 Å². The minimum atomic E-state index is -0.898. The maximum atomic E-state index is 12.5. The van der Waals surface area contributed by atoms with Crippen molar-refractivity contribution in [2.45, 2.75) is 38.3 Å². The van der Waals surface area contributed by atoms with Crippen LogP contribution < -0.4 is 5.32 Å². The summed E-state index contributed by atoms with van der Waals surface area (Å²) in [5.41, 5.74) is 3.75. The summed E-state index contributed by atoms with van der Waals surface area (Å²) in [5, 5.41) is 3.00. The zero-order valence-corrected chi connectivity index (χ0v) is 16.1. The number of para-hydroxylation sites is 2. The van der Waals surface area contributed by atoms with Gasteiger partial charge in [0.25, 0.3) is 5.91 Å². The van der Waals surface area contributed by atoms with Crippen LogP contribution in [-0.4, -0.2) is 23.0 Å². The van der Waals surface area contributed by atoms with Crippen LogP contribution >= 0.6 is 0 Å². The van der Waals surface area contributed by atoms with E-state index >= 15 is 0 Å². The third-order valence-electron chi connectivity index (χ3n) is 5.02. The van der Waals surface area contributed by atoms with Gasteiger partial charge in [-0.2, -0.15) is 0 Å². The van der Waals surface area contributed by atoms with Gasteiger partial charge in [0.15, 0.2) is 11.7 Å². The van der Waals surface area contributed by atoms with Gasteiger partial charge in [-0.15, -0.1) is 0 Å². The first-order chi connectivity index (χ1) is 14.1. The minimum absolute atomic E-state index is 0.0520. The Hall–Kier alpha value is -3.41. The van der Waals surface area contributed by atoms with Gasteiger partial charge in [-0.25, -0.2) is 9.78 Å². The maximum Gasteiger partial charge on any atom is 0.331 e. The fourth-order valence-corrected chi connectivity index (χ4v) is 3.56. The van der Waals surface area contributed by atoms with Crippen LogP contribution in [0.4, 0.5) is 0 Å². The summed E-state index contributed by atoms with van der Waals surface area (Å²) < 4.78 is 10.7. The first kappa shape index (κ1) is 18.9. The Morgan fingerprint density at radius 3 is 2.86 bits per heavy atom. The number of esters is 1. The number of benzene rings is 2. The van der Waals surface area contributed by atoms with E-state index in [0.717, 1.165) is 24.8 Å². The monoisotopic (exact) mass is 390 g/mol. The first-order valence-corrected chi connectivity index (χ1v) is 9.72. The lowest BCUT2D eigenvalue weighted by Gasteiger charge is -2.27. The molecule has 29 heavy (non-hydrogen) atoms. The highest BCUT2D eigenvalue weighted by atomic mass is 16.5. The third-order valence-corrected chi connectivity index (χ3v) is 5.02. The fourth-order valence-electron chi connectivity index (χ4n) is 3.56. The van der Waals surface area contributed by atoms with Gasteiger partial charge in [0, 0.05) is 12.2 Å². The Labute approximate surface area is 168 Å². The summed E-state index contributed by atoms with van der Waals surface area (Å²) in [6.45, 7) is 1.56. The Morgan fingerprint density at radius 2 is 2.00 bits per heavy atom. The zero-order chi connectivity index (χ0) is 20.2. The third kappa shape index (κ3) is 4.37. The molecule has 1 N–H and O–H groups in total. The number of fused-ring (bicyclic) bond motifs is 2. The number of nitrogens with zero attached hydrogens (tertiary/aromatic N) is 1. The van der Waals surface area contributed by atoms with Gasteiger partial charge in [-0.3, -0.25) is 4.79 Å². The molecule has 0 bridgehead atoms. The van der Waals surface area contributed by atoms with Crippen molar-refractivity contribution < 1.29 is 18.7 Å². The van der Waals surface area contributed by atoms with Crippen LogP contribution in [0.2, 0.25) is 0 Å². The highest BCUT2D eigenvalue weighted by molar-refractivity contribution is 5.90. The number of carbonyl (C=O) groups excluding carboxylic acids is 2. The number of ether oxygens (including phenoxy) is 1. The van der Waals surface area contributed by atoms with Crippen molar-refractivity contribution in [1.29, 1.82) is 0 Å². The van der Waals surface area contributed by atoms with Crippen LogP contribution in [-0.2, 0) is 20.7 Å². The van der Waals surface area contributed by atoms with Gasteiger partial charge in [-0.1, -0.05) is 36.4 Å². The van der Waals surface area contributed by atoms with Gasteiger partial charge in [0.2, 0.25) is 5.89 Å². The highest BCUT2D eigenvalue weighted by Crippen LogP contribution is 2.29. The molecular formula is C23H22N2O4. The summed E-state index contributed by atoms with van der Waals surface area (Å²) in [6, 6.07) is 15.4. The average Bonchev–Trinajstić information content (AvgIpc) is 3.15. The summed E-state index contributed by atoms with van der Waals surface area (Å²) in [4.78, 5) is 28.8. The lowest BCUT2D eigenvalue weighted by atomic mass is 9.87. The summed E-state index contributed by atoms with van der Waals surface area (Å²) in [7, 11) is 0. The molecule has 1 aliphatic carbocycles. The van der Waals surface area contributed by atoms with Crippen LogP contribution in [0.3, 0.4) is 0 Å². The van der Waals surface area contributed by atoms with Crippen molar-refractivity contribution >= 4 is 29.1 Å². The van der Waals surface area contributed by atoms with Gasteiger partial charge >= 0.3 is 5.97 Å².